The van der Waals surface area contributed by atoms with E-state index in [1.54, 1.807) is 0 Å². The van der Waals surface area contributed by atoms with Crippen LogP contribution in [0.3, 0.4) is 0 Å². The van der Waals surface area contributed by atoms with Crippen molar-refractivity contribution in [2.75, 3.05) is 24.2 Å². The molecule has 1 aliphatic carbocycles. The largest absolute Gasteiger partial charge is 0.451 e. The standard InChI is InChI=1S/C13H19F3N4/c1-17-10-8-11(20-12(19-10)13(14,15)16)18-7-6-9-4-2-3-5-9/h8-9H,2-7H2,1H3,(H2,17,18,19,20). The summed E-state index contributed by atoms with van der Waals surface area (Å²) in [4.78, 5) is 6.95. The number of nitrogens with one attached hydrogen (secondary N) is 2. The first-order chi connectivity index (χ1) is 9.49. The Morgan fingerprint density at radius 1 is 1.20 bits per heavy atom. The summed E-state index contributed by atoms with van der Waals surface area (Å²) in [5, 5.41) is 5.59. The quantitative estimate of drug-likeness (QED) is 0.870. The van der Waals surface area contributed by atoms with Gasteiger partial charge in [0.25, 0.3) is 0 Å². The lowest BCUT2D eigenvalue weighted by atomic mass is 10.0. The molecule has 0 spiro atoms. The molecule has 1 aromatic rings. The molecule has 0 amide bonds. The second-order valence-electron chi connectivity index (χ2n) is 5.08. The molecular weight excluding hydrogens is 269 g/mol. The van der Waals surface area contributed by atoms with Crippen LogP contribution in [-0.2, 0) is 6.18 Å². The zero-order valence-electron chi connectivity index (χ0n) is 11.4. The average Bonchev–Trinajstić information content (AvgIpc) is 2.90. The minimum absolute atomic E-state index is 0.163. The summed E-state index contributed by atoms with van der Waals surface area (Å²) in [7, 11) is 1.53. The SMILES string of the molecule is CNc1cc(NCCC2CCCC2)nc(C(F)(F)F)n1. The van der Waals surface area contributed by atoms with Crippen LogP contribution in [0.2, 0.25) is 0 Å². The number of halogens is 3. The van der Waals surface area contributed by atoms with E-state index in [0.717, 1.165) is 6.42 Å². The summed E-state index contributed by atoms with van der Waals surface area (Å²) in [5.74, 6) is -0.0479. The Hall–Kier alpha value is -1.53. The lowest BCUT2D eigenvalue weighted by Crippen LogP contribution is -2.15. The van der Waals surface area contributed by atoms with Crippen LogP contribution in [0.5, 0.6) is 0 Å². The number of rotatable bonds is 5. The lowest BCUT2D eigenvalue weighted by Gasteiger charge is -2.13. The topological polar surface area (TPSA) is 49.8 Å². The normalized spacial score (nSPS) is 16.4. The maximum Gasteiger partial charge on any atom is 0.451 e. The van der Waals surface area contributed by atoms with Gasteiger partial charge in [0.05, 0.1) is 0 Å². The van der Waals surface area contributed by atoms with Gasteiger partial charge in [-0.3, -0.25) is 0 Å². The molecule has 0 atom stereocenters. The van der Waals surface area contributed by atoms with Gasteiger partial charge in [0.2, 0.25) is 5.82 Å². The maximum absolute atomic E-state index is 12.7. The second kappa shape index (κ2) is 6.28. The highest BCUT2D eigenvalue weighted by Gasteiger charge is 2.35. The van der Waals surface area contributed by atoms with E-state index < -0.39 is 12.0 Å². The highest BCUT2D eigenvalue weighted by Crippen LogP contribution is 2.29. The Morgan fingerprint density at radius 3 is 2.45 bits per heavy atom. The Balaban J connectivity index is 1.98. The number of hydrogen-bond acceptors (Lipinski definition) is 4. The van der Waals surface area contributed by atoms with E-state index in [0.29, 0.717) is 12.5 Å². The summed E-state index contributed by atoms with van der Waals surface area (Å²) in [5.41, 5.74) is 0. The minimum Gasteiger partial charge on any atom is -0.373 e. The molecule has 1 heterocycles. The third kappa shape index (κ3) is 3.98. The molecule has 4 nitrogen and oxygen atoms in total. The van der Waals surface area contributed by atoms with Crippen molar-refractivity contribution >= 4 is 11.6 Å². The van der Waals surface area contributed by atoms with Gasteiger partial charge < -0.3 is 10.6 Å². The van der Waals surface area contributed by atoms with Gasteiger partial charge in [-0.1, -0.05) is 25.7 Å². The van der Waals surface area contributed by atoms with Gasteiger partial charge in [-0.2, -0.15) is 13.2 Å². The van der Waals surface area contributed by atoms with Gasteiger partial charge >= 0.3 is 6.18 Å². The van der Waals surface area contributed by atoms with Crippen molar-refractivity contribution in [3.8, 4) is 0 Å². The zero-order valence-corrected chi connectivity index (χ0v) is 11.4. The first-order valence-corrected chi connectivity index (χ1v) is 6.87. The molecule has 0 radical (unpaired) electrons. The van der Waals surface area contributed by atoms with Crippen LogP contribution in [-0.4, -0.2) is 23.6 Å². The fourth-order valence-electron chi connectivity index (χ4n) is 2.50. The average molecular weight is 288 g/mol. The monoisotopic (exact) mass is 288 g/mol. The van der Waals surface area contributed by atoms with Crippen LogP contribution < -0.4 is 10.6 Å². The van der Waals surface area contributed by atoms with Crippen LogP contribution >= 0.6 is 0 Å². The first-order valence-electron chi connectivity index (χ1n) is 6.87. The highest BCUT2D eigenvalue weighted by molar-refractivity contribution is 5.47. The van der Waals surface area contributed by atoms with E-state index in [-0.39, 0.29) is 11.6 Å². The molecule has 1 fully saturated rings. The van der Waals surface area contributed by atoms with Crippen LogP contribution in [0.15, 0.2) is 6.07 Å². The Morgan fingerprint density at radius 2 is 1.85 bits per heavy atom. The molecule has 0 bridgehead atoms. The van der Waals surface area contributed by atoms with Gasteiger partial charge in [0.1, 0.15) is 11.6 Å². The fourth-order valence-corrected chi connectivity index (χ4v) is 2.50. The van der Waals surface area contributed by atoms with Gasteiger partial charge in [-0.05, 0) is 12.3 Å². The smallest absolute Gasteiger partial charge is 0.373 e. The van der Waals surface area contributed by atoms with E-state index in [4.69, 9.17) is 0 Å². The summed E-state index contributed by atoms with van der Waals surface area (Å²) in [6, 6.07) is 1.49. The van der Waals surface area contributed by atoms with Crippen molar-refractivity contribution < 1.29 is 13.2 Å². The Bertz CT molecular complexity index is 442. The summed E-state index contributed by atoms with van der Waals surface area (Å²) >= 11 is 0. The molecule has 0 unspecified atom stereocenters. The third-order valence-electron chi connectivity index (χ3n) is 3.57. The Kier molecular flexibility index (Phi) is 4.67. The molecule has 2 N–H and O–H groups in total. The van der Waals surface area contributed by atoms with E-state index in [2.05, 4.69) is 20.6 Å². The second-order valence-corrected chi connectivity index (χ2v) is 5.08. The summed E-state index contributed by atoms with van der Waals surface area (Å²) in [6.45, 7) is 0.641. The van der Waals surface area contributed by atoms with Gasteiger partial charge in [-0.15, -0.1) is 0 Å². The fraction of sp³-hybridized carbons (Fsp3) is 0.692. The number of aromatic nitrogens is 2. The predicted molar refractivity (Wildman–Crippen MR) is 71.6 cm³/mol. The van der Waals surface area contributed by atoms with Gasteiger partial charge in [0, 0.05) is 19.7 Å². The summed E-state index contributed by atoms with van der Waals surface area (Å²) < 4.78 is 38.0. The number of nitrogens with zero attached hydrogens (tertiary/aromatic N) is 2. The Labute approximate surface area is 116 Å². The number of anilines is 2. The van der Waals surface area contributed by atoms with Gasteiger partial charge in [0.15, 0.2) is 0 Å². The van der Waals surface area contributed by atoms with Crippen LogP contribution in [0.4, 0.5) is 24.8 Å². The van der Waals surface area contributed by atoms with E-state index in [9.17, 15) is 13.2 Å². The lowest BCUT2D eigenvalue weighted by molar-refractivity contribution is -0.144. The molecule has 1 aromatic heterocycles. The van der Waals surface area contributed by atoms with Crippen LogP contribution in [0, 0.1) is 5.92 Å². The molecule has 20 heavy (non-hydrogen) atoms. The zero-order chi connectivity index (χ0) is 14.6. The van der Waals surface area contributed by atoms with Crippen molar-refractivity contribution in [3.05, 3.63) is 11.9 Å². The van der Waals surface area contributed by atoms with E-state index in [1.807, 2.05) is 0 Å². The van der Waals surface area contributed by atoms with Crippen LogP contribution in [0.25, 0.3) is 0 Å². The maximum atomic E-state index is 12.7. The molecule has 2 rings (SSSR count). The van der Waals surface area contributed by atoms with E-state index >= 15 is 0 Å². The van der Waals surface area contributed by atoms with E-state index in [1.165, 1.54) is 38.8 Å². The first kappa shape index (κ1) is 14.9. The molecule has 1 saturated carbocycles. The number of hydrogen-bond donors (Lipinski definition) is 2. The molecule has 0 aromatic carbocycles. The van der Waals surface area contributed by atoms with Crippen LogP contribution in [0.1, 0.15) is 37.9 Å². The molecule has 1 aliphatic rings. The molecule has 0 aliphatic heterocycles. The van der Waals surface area contributed by atoms with Crippen molar-refractivity contribution in [2.45, 2.75) is 38.3 Å². The van der Waals surface area contributed by atoms with Crippen molar-refractivity contribution in [1.82, 2.24) is 9.97 Å². The predicted octanol–water partition coefficient (Wildman–Crippen LogP) is 3.53. The van der Waals surface area contributed by atoms with Crippen molar-refractivity contribution in [2.24, 2.45) is 5.92 Å². The number of alkyl halides is 3. The molecular formula is C13H19F3N4. The van der Waals surface area contributed by atoms with Gasteiger partial charge in [-0.25, -0.2) is 9.97 Å². The highest BCUT2D eigenvalue weighted by atomic mass is 19.4. The molecule has 7 heteroatoms. The van der Waals surface area contributed by atoms with Crippen molar-refractivity contribution in [1.29, 1.82) is 0 Å². The molecule has 112 valence electrons. The van der Waals surface area contributed by atoms with Crippen molar-refractivity contribution in [3.63, 3.8) is 0 Å². The minimum atomic E-state index is -4.53. The molecule has 0 saturated heterocycles. The summed E-state index contributed by atoms with van der Waals surface area (Å²) in [6.07, 6.45) is 1.41. The third-order valence-corrected chi connectivity index (χ3v) is 3.57.